The minimum Gasteiger partial charge on any atom is -0.493 e. The van der Waals surface area contributed by atoms with Crippen molar-refractivity contribution in [3.63, 3.8) is 0 Å². The van der Waals surface area contributed by atoms with E-state index in [1.54, 1.807) is 18.2 Å². The number of rotatable bonds is 7. The van der Waals surface area contributed by atoms with Crippen LogP contribution in [0.15, 0.2) is 18.2 Å². The topological polar surface area (TPSA) is 74.3 Å². The Balaban J connectivity index is 1.53. The second-order valence-corrected chi connectivity index (χ2v) is 7.83. The summed E-state index contributed by atoms with van der Waals surface area (Å²) in [6.45, 7) is 1.33. The smallest absolute Gasteiger partial charge is 0.331 e. The van der Waals surface area contributed by atoms with Gasteiger partial charge in [0, 0.05) is 19.2 Å². The van der Waals surface area contributed by atoms with Gasteiger partial charge in [0.25, 0.3) is 5.91 Å². The van der Waals surface area contributed by atoms with Crippen molar-refractivity contribution >= 4 is 18.0 Å². The number of carbonyl (C=O) groups is 2. The summed E-state index contributed by atoms with van der Waals surface area (Å²) < 4.78 is 21.1. The average Bonchev–Trinajstić information content (AvgIpc) is 2.79. The van der Waals surface area contributed by atoms with Crippen molar-refractivity contribution in [2.24, 2.45) is 11.8 Å². The first-order valence-corrected chi connectivity index (χ1v) is 10.5. The molecule has 1 saturated heterocycles. The summed E-state index contributed by atoms with van der Waals surface area (Å²) in [5, 5.41) is 0. The maximum absolute atomic E-state index is 12.5. The fourth-order valence-corrected chi connectivity index (χ4v) is 4.46. The van der Waals surface area contributed by atoms with Crippen molar-refractivity contribution in [2.45, 2.75) is 32.1 Å². The lowest BCUT2D eigenvalue weighted by Gasteiger charge is -2.41. The molecule has 1 aromatic carbocycles. The van der Waals surface area contributed by atoms with Gasteiger partial charge in [-0.05, 0) is 48.4 Å². The molecule has 7 heteroatoms. The second kappa shape index (κ2) is 10.4. The molecule has 1 aliphatic heterocycles. The number of amides is 1. The number of likely N-dealkylation sites (tertiary alicyclic amines) is 1. The van der Waals surface area contributed by atoms with Crippen molar-refractivity contribution in [1.82, 2.24) is 4.90 Å². The Labute approximate surface area is 177 Å². The Morgan fingerprint density at radius 2 is 1.67 bits per heavy atom. The zero-order valence-corrected chi connectivity index (χ0v) is 18.0. The molecule has 2 fully saturated rings. The number of nitrogens with zero attached hydrogens (tertiary/aromatic N) is 1. The molecule has 0 bridgehead atoms. The molecule has 2 aliphatic rings. The van der Waals surface area contributed by atoms with Crippen molar-refractivity contribution in [3.05, 3.63) is 23.8 Å². The molecule has 2 atom stereocenters. The third kappa shape index (κ3) is 5.26. The summed E-state index contributed by atoms with van der Waals surface area (Å²) >= 11 is 0. The highest BCUT2D eigenvalue weighted by atomic mass is 16.5. The van der Waals surface area contributed by atoms with Gasteiger partial charge in [-0.3, -0.25) is 4.79 Å². The molecule has 7 nitrogen and oxygen atoms in total. The van der Waals surface area contributed by atoms with E-state index in [9.17, 15) is 9.59 Å². The van der Waals surface area contributed by atoms with Gasteiger partial charge >= 0.3 is 5.97 Å². The summed E-state index contributed by atoms with van der Waals surface area (Å²) in [5.41, 5.74) is 0.687. The number of ether oxygens (including phenoxy) is 4. The molecule has 1 saturated carbocycles. The Bertz CT molecular complexity index is 765. The van der Waals surface area contributed by atoms with Crippen molar-refractivity contribution in [2.75, 3.05) is 41.0 Å². The molecule has 1 heterocycles. The number of carbonyl (C=O) groups excluding carboxylic acids is 2. The molecular weight excluding hydrogens is 386 g/mol. The maximum atomic E-state index is 12.5. The van der Waals surface area contributed by atoms with Crippen LogP contribution in [0.2, 0.25) is 0 Å². The van der Waals surface area contributed by atoms with Crippen LogP contribution in [0.1, 0.15) is 37.7 Å². The van der Waals surface area contributed by atoms with Gasteiger partial charge in [0.1, 0.15) is 0 Å². The number of hydrogen-bond acceptors (Lipinski definition) is 6. The molecule has 164 valence electrons. The van der Waals surface area contributed by atoms with Gasteiger partial charge in [0.05, 0.1) is 21.3 Å². The van der Waals surface area contributed by atoms with Crippen LogP contribution in [0.4, 0.5) is 0 Å². The quantitative estimate of drug-likeness (QED) is 0.501. The lowest BCUT2D eigenvalue weighted by Crippen LogP contribution is -2.46. The highest BCUT2D eigenvalue weighted by Gasteiger charge is 2.33. The molecule has 0 aromatic heterocycles. The van der Waals surface area contributed by atoms with Crippen LogP contribution < -0.4 is 14.2 Å². The van der Waals surface area contributed by atoms with Gasteiger partial charge in [-0.2, -0.15) is 0 Å². The van der Waals surface area contributed by atoms with Gasteiger partial charge in [-0.1, -0.05) is 19.3 Å². The van der Waals surface area contributed by atoms with Crippen LogP contribution in [0.3, 0.4) is 0 Å². The molecule has 1 aromatic rings. The van der Waals surface area contributed by atoms with E-state index < -0.39 is 5.97 Å². The largest absolute Gasteiger partial charge is 0.493 e. The Hall–Kier alpha value is -2.70. The molecular formula is C23H31NO6. The minimum absolute atomic E-state index is 0.117. The fourth-order valence-electron chi connectivity index (χ4n) is 4.46. The van der Waals surface area contributed by atoms with E-state index in [0.29, 0.717) is 28.7 Å². The van der Waals surface area contributed by atoms with Gasteiger partial charge < -0.3 is 23.8 Å². The van der Waals surface area contributed by atoms with E-state index >= 15 is 0 Å². The van der Waals surface area contributed by atoms with E-state index in [4.69, 9.17) is 18.9 Å². The number of fused-ring (bicyclic) bond motifs is 1. The zero-order chi connectivity index (χ0) is 21.5. The average molecular weight is 418 g/mol. The SMILES string of the molecule is COc1cc(/C=C/C(=O)OCC(=O)N2CC[C@H]3CCCC[C@@H]3C2)cc(OC)c1OC. The molecule has 3 rings (SSSR count). The lowest BCUT2D eigenvalue weighted by molar-refractivity contribution is -0.149. The van der Waals surface area contributed by atoms with Crippen molar-refractivity contribution < 1.29 is 28.5 Å². The number of benzene rings is 1. The monoisotopic (exact) mass is 417 g/mol. The fraction of sp³-hybridized carbons (Fsp3) is 0.565. The summed E-state index contributed by atoms with van der Waals surface area (Å²) in [6, 6.07) is 3.45. The number of esters is 1. The van der Waals surface area contributed by atoms with E-state index in [1.165, 1.54) is 53.1 Å². The number of hydrogen-bond donors (Lipinski definition) is 0. The summed E-state index contributed by atoms with van der Waals surface area (Å²) in [6.07, 6.45) is 8.99. The molecule has 0 N–H and O–H groups in total. The zero-order valence-electron chi connectivity index (χ0n) is 18.0. The standard InChI is InChI=1S/C23H31NO6/c1-27-19-12-16(13-20(28-2)23(19)29-3)8-9-22(26)30-15-21(25)24-11-10-17-6-4-5-7-18(17)14-24/h8-9,12-13,17-18H,4-7,10-11,14-15H2,1-3H3/b9-8+/t17-,18-/m1/s1. The van der Waals surface area contributed by atoms with Gasteiger partial charge in [0.15, 0.2) is 18.1 Å². The van der Waals surface area contributed by atoms with Crippen molar-refractivity contribution in [3.8, 4) is 17.2 Å². The highest BCUT2D eigenvalue weighted by molar-refractivity contribution is 5.89. The molecule has 0 unspecified atom stereocenters. The van der Waals surface area contributed by atoms with Crippen LogP contribution in [0, 0.1) is 11.8 Å². The van der Waals surface area contributed by atoms with Crippen molar-refractivity contribution in [1.29, 1.82) is 0 Å². The highest BCUT2D eigenvalue weighted by Crippen LogP contribution is 2.38. The first-order valence-electron chi connectivity index (χ1n) is 10.5. The first-order chi connectivity index (χ1) is 14.5. The predicted octanol–water partition coefficient (Wildman–Crippen LogP) is 3.31. The summed E-state index contributed by atoms with van der Waals surface area (Å²) in [5.74, 6) is 2.14. The van der Waals surface area contributed by atoms with Crippen LogP contribution >= 0.6 is 0 Å². The second-order valence-electron chi connectivity index (χ2n) is 7.83. The van der Waals surface area contributed by atoms with Crippen LogP contribution in [-0.2, 0) is 14.3 Å². The van der Waals surface area contributed by atoms with E-state index in [2.05, 4.69) is 0 Å². The maximum Gasteiger partial charge on any atom is 0.331 e. The third-order valence-electron chi connectivity index (χ3n) is 6.08. The van der Waals surface area contributed by atoms with Gasteiger partial charge in [-0.25, -0.2) is 4.79 Å². The molecule has 0 radical (unpaired) electrons. The third-order valence-corrected chi connectivity index (χ3v) is 6.08. The van der Waals surface area contributed by atoms with E-state index in [0.717, 1.165) is 25.4 Å². The first kappa shape index (κ1) is 22.0. The molecule has 30 heavy (non-hydrogen) atoms. The summed E-state index contributed by atoms with van der Waals surface area (Å²) in [4.78, 5) is 26.4. The Kier molecular flexibility index (Phi) is 7.60. The predicted molar refractivity (Wildman–Crippen MR) is 113 cm³/mol. The normalized spacial score (nSPS) is 21.1. The van der Waals surface area contributed by atoms with Crippen LogP contribution in [-0.4, -0.2) is 57.8 Å². The number of methoxy groups -OCH3 is 3. The Morgan fingerprint density at radius 3 is 2.30 bits per heavy atom. The van der Waals surface area contributed by atoms with Gasteiger partial charge in [-0.15, -0.1) is 0 Å². The lowest BCUT2D eigenvalue weighted by atomic mass is 9.75. The van der Waals surface area contributed by atoms with Crippen LogP contribution in [0.25, 0.3) is 6.08 Å². The molecule has 1 amide bonds. The van der Waals surface area contributed by atoms with E-state index in [1.807, 2.05) is 4.90 Å². The van der Waals surface area contributed by atoms with E-state index in [-0.39, 0.29) is 12.5 Å². The van der Waals surface area contributed by atoms with Gasteiger partial charge in [0.2, 0.25) is 5.75 Å². The van der Waals surface area contributed by atoms with Crippen LogP contribution in [0.5, 0.6) is 17.2 Å². The molecule has 0 spiro atoms. The summed E-state index contributed by atoms with van der Waals surface area (Å²) in [7, 11) is 4.59. The Morgan fingerprint density at radius 1 is 1.00 bits per heavy atom. The minimum atomic E-state index is -0.565. The number of piperidine rings is 1. The molecule has 1 aliphatic carbocycles.